The van der Waals surface area contributed by atoms with Gasteiger partial charge in [-0.2, -0.15) is 0 Å². The van der Waals surface area contributed by atoms with E-state index < -0.39 is 5.97 Å². The quantitative estimate of drug-likeness (QED) is 0.351. The lowest BCUT2D eigenvalue weighted by molar-refractivity contribution is 0.0562. The zero-order valence-corrected chi connectivity index (χ0v) is 15.6. The Morgan fingerprint density at radius 1 is 1.42 bits per heavy atom. The van der Waals surface area contributed by atoms with Gasteiger partial charge in [0.05, 0.1) is 24.7 Å². The average Bonchev–Trinajstić information content (AvgIpc) is 3.32. The molecule has 3 rings (SSSR count). The van der Waals surface area contributed by atoms with Crippen LogP contribution in [0.15, 0.2) is 45.0 Å². The van der Waals surface area contributed by atoms with Crippen molar-refractivity contribution >= 4 is 17.7 Å². The van der Waals surface area contributed by atoms with Crippen LogP contribution in [-0.2, 0) is 17.0 Å². The number of aryl methyl sites for hydroxylation is 2. The summed E-state index contributed by atoms with van der Waals surface area (Å²) in [5.41, 5.74) is 1.64. The molecule has 0 bridgehead atoms. The van der Waals surface area contributed by atoms with Gasteiger partial charge in [-0.25, -0.2) is 4.79 Å². The minimum atomic E-state index is -0.480. The van der Waals surface area contributed by atoms with E-state index in [-0.39, 0.29) is 5.76 Å². The number of furan rings is 2. The number of thioether (sulfide) groups is 1. The minimum Gasteiger partial charge on any atom is -0.469 e. The van der Waals surface area contributed by atoms with E-state index in [2.05, 4.69) is 16.8 Å². The van der Waals surface area contributed by atoms with E-state index in [9.17, 15) is 4.79 Å². The number of nitrogens with zero attached hydrogens (tertiary/aromatic N) is 3. The molecular formula is C18H19N3O4S. The van der Waals surface area contributed by atoms with E-state index in [1.807, 2.05) is 30.5 Å². The lowest BCUT2D eigenvalue weighted by Gasteiger charge is -2.06. The van der Waals surface area contributed by atoms with Gasteiger partial charge in [0.1, 0.15) is 11.5 Å². The Bertz CT molecular complexity index is 938. The number of ether oxygens (including phenoxy) is 1. The van der Waals surface area contributed by atoms with Gasteiger partial charge in [-0.05, 0) is 26.0 Å². The van der Waals surface area contributed by atoms with Crippen LogP contribution in [0.25, 0.3) is 11.4 Å². The van der Waals surface area contributed by atoms with Crippen LogP contribution in [0.4, 0.5) is 0 Å². The topological polar surface area (TPSA) is 83.3 Å². The molecule has 0 amide bonds. The maximum Gasteiger partial charge on any atom is 0.374 e. The third-order valence-electron chi connectivity index (χ3n) is 3.81. The molecule has 0 aliphatic rings. The molecule has 26 heavy (non-hydrogen) atoms. The molecule has 136 valence electrons. The molecule has 0 atom stereocenters. The molecule has 7 nitrogen and oxygen atoms in total. The number of carbonyl (C=O) groups excluding carboxylic acids is 1. The fourth-order valence-corrected chi connectivity index (χ4v) is 3.38. The monoisotopic (exact) mass is 373 g/mol. The summed E-state index contributed by atoms with van der Waals surface area (Å²) < 4.78 is 17.6. The van der Waals surface area contributed by atoms with E-state index >= 15 is 0 Å². The van der Waals surface area contributed by atoms with Gasteiger partial charge in [-0.1, -0.05) is 17.8 Å². The maximum absolute atomic E-state index is 11.7. The van der Waals surface area contributed by atoms with Crippen molar-refractivity contribution in [3.63, 3.8) is 0 Å². The first kappa shape index (κ1) is 18.1. The zero-order valence-electron chi connectivity index (χ0n) is 14.8. The van der Waals surface area contributed by atoms with E-state index in [1.54, 1.807) is 12.3 Å². The van der Waals surface area contributed by atoms with Crippen molar-refractivity contribution in [2.75, 3.05) is 7.11 Å². The van der Waals surface area contributed by atoms with Gasteiger partial charge in [-0.15, -0.1) is 16.8 Å². The summed E-state index contributed by atoms with van der Waals surface area (Å²) in [5, 5.41) is 9.31. The standard InChI is InChI=1S/C18H19N3O4S/c1-5-7-21-16(14-6-8-24-12(14)3)19-20-18(21)26-10-13-9-11(2)15(25-13)17(22)23-4/h5-6,8-9H,1,7,10H2,2-4H3. The van der Waals surface area contributed by atoms with Crippen molar-refractivity contribution in [3.8, 4) is 11.4 Å². The van der Waals surface area contributed by atoms with Gasteiger partial charge in [-0.3, -0.25) is 4.57 Å². The fraction of sp³-hybridized carbons (Fsp3) is 0.278. The van der Waals surface area contributed by atoms with Crippen LogP contribution in [0.1, 0.15) is 27.6 Å². The Balaban J connectivity index is 1.82. The van der Waals surface area contributed by atoms with Crippen LogP contribution in [0.3, 0.4) is 0 Å². The van der Waals surface area contributed by atoms with E-state index in [0.717, 1.165) is 27.9 Å². The molecule has 3 aromatic rings. The van der Waals surface area contributed by atoms with Crippen molar-refractivity contribution in [2.45, 2.75) is 31.3 Å². The van der Waals surface area contributed by atoms with Gasteiger partial charge in [0.25, 0.3) is 0 Å². The molecule has 0 spiro atoms. The Morgan fingerprint density at radius 3 is 2.88 bits per heavy atom. The lowest BCUT2D eigenvalue weighted by Crippen LogP contribution is -2.01. The highest BCUT2D eigenvalue weighted by Crippen LogP contribution is 2.29. The Hall–Kier alpha value is -2.74. The highest BCUT2D eigenvalue weighted by Gasteiger charge is 2.19. The predicted molar refractivity (Wildman–Crippen MR) is 97.0 cm³/mol. The second-order valence-corrected chi connectivity index (χ2v) is 6.54. The Morgan fingerprint density at radius 2 is 2.23 bits per heavy atom. The molecule has 0 radical (unpaired) electrons. The summed E-state index contributed by atoms with van der Waals surface area (Å²) in [5.74, 6) is 2.43. The summed E-state index contributed by atoms with van der Waals surface area (Å²) in [6.07, 6.45) is 3.42. The molecule has 3 heterocycles. The first-order chi connectivity index (χ1) is 12.5. The summed E-state index contributed by atoms with van der Waals surface area (Å²) in [6.45, 7) is 8.07. The van der Waals surface area contributed by atoms with Crippen LogP contribution in [0, 0.1) is 13.8 Å². The Labute approximate surface area is 155 Å². The molecule has 0 saturated carbocycles. The van der Waals surface area contributed by atoms with Gasteiger partial charge >= 0.3 is 5.97 Å². The molecule has 0 aliphatic heterocycles. The van der Waals surface area contributed by atoms with Crippen molar-refractivity contribution in [1.29, 1.82) is 0 Å². The van der Waals surface area contributed by atoms with Crippen molar-refractivity contribution < 1.29 is 18.4 Å². The molecule has 8 heteroatoms. The molecule has 0 saturated heterocycles. The molecule has 0 aromatic carbocycles. The molecular weight excluding hydrogens is 354 g/mol. The number of hydrogen-bond donors (Lipinski definition) is 0. The summed E-state index contributed by atoms with van der Waals surface area (Å²) in [4.78, 5) is 11.7. The molecule has 3 aromatic heterocycles. The SMILES string of the molecule is C=CCn1c(SCc2cc(C)c(C(=O)OC)o2)nnc1-c1ccoc1C. The normalized spacial score (nSPS) is 10.9. The summed E-state index contributed by atoms with van der Waals surface area (Å²) >= 11 is 1.47. The van der Waals surface area contributed by atoms with E-state index in [0.29, 0.717) is 18.1 Å². The first-order valence-electron chi connectivity index (χ1n) is 7.94. The summed E-state index contributed by atoms with van der Waals surface area (Å²) in [6, 6.07) is 3.69. The van der Waals surface area contributed by atoms with Crippen LogP contribution in [0.5, 0.6) is 0 Å². The molecule has 0 fully saturated rings. The average molecular weight is 373 g/mol. The minimum absolute atomic E-state index is 0.227. The number of carbonyl (C=O) groups is 1. The van der Waals surface area contributed by atoms with Crippen LogP contribution in [-0.4, -0.2) is 27.8 Å². The Kier molecular flexibility index (Phi) is 5.32. The van der Waals surface area contributed by atoms with Crippen LogP contribution < -0.4 is 0 Å². The van der Waals surface area contributed by atoms with Gasteiger partial charge in [0, 0.05) is 12.1 Å². The van der Waals surface area contributed by atoms with Crippen molar-refractivity contribution in [3.05, 3.63) is 53.9 Å². The largest absolute Gasteiger partial charge is 0.469 e. The van der Waals surface area contributed by atoms with Crippen molar-refractivity contribution in [2.24, 2.45) is 0 Å². The zero-order chi connectivity index (χ0) is 18.7. The van der Waals surface area contributed by atoms with Gasteiger partial charge in [0.2, 0.25) is 5.76 Å². The molecule has 0 N–H and O–H groups in total. The predicted octanol–water partition coefficient (Wildman–Crippen LogP) is 4.01. The van der Waals surface area contributed by atoms with E-state index in [4.69, 9.17) is 13.6 Å². The number of hydrogen-bond acceptors (Lipinski definition) is 7. The second kappa shape index (κ2) is 7.65. The number of aromatic nitrogens is 3. The fourth-order valence-electron chi connectivity index (χ4n) is 2.56. The van der Waals surface area contributed by atoms with Crippen molar-refractivity contribution in [1.82, 2.24) is 14.8 Å². The smallest absolute Gasteiger partial charge is 0.374 e. The van der Waals surface area contributed by atoms with Crippen LogP contribution >= 0.6 is 11.8 Å². The highest BCUT2D eigenvalue weighted by atomic mass is 32.2. The third kappa shape index (κ3) is 3.45. The molecule has 0 unspecified atom stereocenters. The number of esters is 1. The number of allylic oxidation sites excluding steroid dienone is 1. The maximum atomic E-state index is 11.7. The van der Waals surface area contributed by atoms with Gasteiger partial charge < -0.3 is 13.6 Å². The second-order valence-electron chi connectivity index (χ2n) is 5.60. The molecule has 0 aliphatic carbocycles. The first-order valence-corrected chi connectivity index (χ1v) is 8.92. The van der Waals surface area contributed by atoms with Crippen LogP contribution in [0.2, 0.25) is 0 Å². The van der Waals surface area contributed by atoms with Gasteiger partial charge in [0.15, 0.2) is 11.0 Å². The number of methoxy groups -OCH3 is 1. The summed E-state index contributed by atoms with van der Waals surface area (Å²) in [7, 11) is 1.33. The lowest BCUT2D eigenvalue weighted by atomic mass is 10.2. The van der Waals surface area contributed by atoms with E-state index in [1.165, 1.54) is 18.9 Å². The highest BCUT2D eigenvalue weighted by molar-refractivity contribution is 7.98. The third-order valence-corrected chi connectivity index (χ3v) is 4.80. The number of rotatable bonds is 7.